The molecule has 4 unspecified atom stereocenters. The first-order valence-corrected chi connectivity index (χ1v) is 37.3. The Labute approximate surface area is 578 Å². The van der Waals surface area contributed by atoms with Gasteiger partial charge in [0, 0.05) is 140 Å². The van der Waals surface area contributed by atoms with Crippen LogP contribution in [0.2, 0.25) is 0 Å². The van der Waals surface area contributed by atoms with Crippen molar-refractivity contribution in [1.82, 2.24) is 30.2 Å². The molecule has 0 radical (unpaired) electrons. The maximum Gasteiger partial charge on any atom is 0.410 e. The molecule has 4 rings (SSSR count). The average Bonchev–Trinajstić information content (AvgIpc) is 1.65. The normalized spacial score (nSPS) is 19.0. The van der Waals surface area contributed by atoms with Gasteiger partial charge < -0.3 is 55.2 Å². The number of carbonyl (C=O) groups is 11. The molecule has 2 heterocycles. The lowest BCUT2D eigenvalue weighted by atomic mass is 9.80. The summed E-state index contributed by atoms with van der Waals surface area (Å²) in [5.41, 5.74) is 1.63. The summed E-state index contributed by atoms with van der Waals surface area (Å²) in [6.45, 7) is 19.6. The van der Waals surface area contributed by atoms with Crippen LogP contribution in [0.5, 0.6) is 0 Å². The van der Waals surface area contributed by atoms with Gasteiger partial charge in [-0.3, -0.25) is 57.4 Å². The van der Waals surface area contributed by atoms with E-state index < -0.39 is 102 Å². The molecular weight excluding hydrogens is 1290 g/mol. The quantitative estimate of drug-likeness (QED) is 0.0274. The molecule has 2 aliphatic heterocycles. The molecule has 0 aliphatic carbocycles. The zero-order chi connectivity index (χ0) is 72.8. The fourth-order valence-electron chi connectivity index (χ4n) is 13.0. The molecule has 8 amide bonds. The summed E-state index contributed by atoms with van der Waals surface area (Å²) in [5.74, 6) is -8.05. The fourth-order valence-corrected chi connectivity index (χ4v) is 16.2. The maximum absolute atomic E-state index is 14.8. The van der Waals surface area contributed by atoms with Crippen molar-refractivity contribution in [1.29, 1.82) is 0 Å². The van der Waals surface area contributed by atoms with Gasteiger partial charge in [-0.25, -0.2) is 4.79 Å². The minimum absolute atomic E-state index is 0.0821. The standard InChI is InChI=1S/C71H110N7O17PS/c1-16-45(8)65(59(94-15)38-62(84)77-30-20-23-56(77)55(40-79)47(10)57(81)35-46(9)66(86)50-21-18-17-19-22-50)75(13)69(89)54(43(4)5)37-58(82)64(44(6)7)76(14)71(91)95-41-49-24-26-51(27-25-49)74-67(87)48(11)73-68(88)53(42(2)3)36-52(80)28-31-78-63(85)39-60(70(78)90)97-34-33-96(92,93)32-29-61(83)72-12/h17-19,21-22,24-27,42-48,53-56,59-60,64-66,79,86H,16,20,23,28-41H2,1-15H3,(H,72,83)(H,73,88)(H,74,87)(H,92,93)/t45?,46-,47+,48-,53+,54-,55+,56-,59?,60?,64-,65-,66+/m0/s1. The molecule has 2 aromatic carbocycles. The summed E-state index contributed by atoms with van der Waals surface area (Å²) in [5, 5.41) is 28.8. The number of ether oxygens (including phenoxy) is 2. The summed E-state index contributed by atoms with van der Waals surface area (Å²) >= 11 is 1.08. The topological polar surface area (TPSA) is 333 Å². The predicted molar refractivity (Wildman–Crippen MR) is 372 cm³/mol. The SMILES string of the molecule is CCC(C)[C@@H](C(CC(=O)N1CCC[C@H]1[C@H](CO)[C@@H](C)C(=O)C[C@H](C)[C@@H](O)c1ccccc1)OC)N(C)C(=O)[C@@H](CC(=O)[C@H](C(C)C)N(C)C(=O)OCc1ccc(NC(=O)[C@H](C)NC(=O)[C@H](CC(=O)CCN2C(=O)CC(SCCP(=O)(O)CCC(=O)NC)C2=O)C(C)C)cc1)C(C)C. The number of hydrogen-bond acceptors (Lipinski definition) is 17. The number of likely N-dealkylation sites (tertiary alicyclic amines) is 2. The second-order valence-corrected chi connectivity index (χ2v) is 31.4. The van der Waals surface area contributed by atoms with Crippen LogP contribution in [0.25, 0.3) is 0 Å². The number of likely N-dealkylation sites (N-methyl/N-ethyl adjacent to an activating group) is 2. The van der Waals surface area contributed by atoms with Gasteiger partial charge in [0.1, 0.15) is 24.2 Å². The van der Waals surface area contributed by atoms with Gasteiger partial charge in [-0.05, 0) is 72.6 Å². The molecule has 2 saturated heterocycles. The third kappa shape index (κ3) is 24.2. The maximum atomic E-state index is 14.8. The number of hydrogen-bond donors (Lipinski definition) is 6. The van der Waals surface area contributed by atoms with Gasteiger partial charge in [-0.15, -0.1) is 11.8 Å². The number of methoxy groups -OCH3 is 1. The Morgan fingerprint density at radius 2 is 1.41 bits per heavy atom. The van der Waals surface area contributed by atoms with Crippen molar-refractivity contribution in [2.24, 2.45) is 53.3 Å². The number of rotatable bonds is 41. The van der Waals surface area contributed by atoms with Crippen LogP contribution < -0.4 is 16.0 Å². The van der Waals surface area contributed by atoms with Crippen molar-refractivity contribution >= 4 is 89.6 Å². The molecule has 14 atom stereocenters. The predicted octanol–water partition coefficient (Wildman–Crippen LogP) is 7.69. The number of thioether (sulfide) groups is 1. The molecule has 2 fully saturated rings. The van der Waals surface area contributed by atoms with Gasteiger partial charge in [0.2, 0.25) is 48.7 Å². The van der Waals surface area contributed by atoms with Crippen LogP contribution in [0.15, 0.2) is 54.6 Å². The monoisotopic (exact) mass is 1400 g/mol. The first-order valence-electron chi connectivity index (χ1n) is 34.2. The zero-order valence-electron chi connectivity index (χ0n) is 59.7. The first-order chi connectivity index (χ1) is 45.6. The van der Waals surface area contributed by atoms with E-state index in [1.54, 1.807) is 75.7 Å². The summed E-state index contributed by atoms with van der Waals surface area (Å²) in [6, 6.07) is 12.6. The number of carbonyl (C=O) groups excluding carboxylic acids is 11. The number of aliphatic hydroxyl groups is 2. The van der Waals surface area contributed by atoms with Crippen molar-refractivity contribution in [3.05, 3.63) is 65.7 Å². The molecule has 97 heavy (non-hydrogen) atoms. The highest BCUT2D eigenvalue weighted by Crippen LogP contribution is 2.43. The number of imide groups is 1. The van der Waals surface area contributed by atoms with Crippen LogP contribution in [0, 0.1) is 53.3 Å². The highest BCUT2D eigenvalue weighted by Gasteiger charge is 2.45. The van der Waals surface area contributed by atoms with E-state index >= 15 is 0 Å². The van der Waals surface area contributed by atoms with Crippen LogP contribution in [0.3, 0.4) is 0 Å². The summed E-state index contributed by atoms with van der Waals surface area (Å²) in [7, 11) is 2.44. The van der Waals surface area contributed by atoms with E-state index in [0.29, 0.717) is 42.6 Å². The van der Waals surface area contributed by atoms with Crippen LogP contribution in [-0.2, 0) is 68.6 Å². The average molecular weight is 1400 g/mol. The van der Waals surface area contributed by atoms with Gasteiger partial charge in [0.25, 0.3) is 0 Å². The van der Waals surface area contributed by atoms with E-state index in [-0.39, 0.29) is 147 Å². The van der Waals surface area contributed by atoms with Gasteiger partial charge in [0.05, 0.1) is 36.0 Å². The number of nitrogens with one attached hydrogen (secondary N) is 3. The van der Waals surface area contributed by atoms with Crippen molar-refractivity contribution < 1.29 is 81.9 Å². The molecule has 542 valence electrons. The number of nitrogens with zero attached hydrogens (tertiary/aromatic N) is 4. The molecule has 2 aliphatic rings. The van der Waals surface area contributed by atoms with E-state index in [1.807, 2.05) is 65.0 Å². The lowest BCUT2D eigenvalue weighted by molar-refractivity contribution is -0.148. The number of Topliss-reactive ketones (excluding diaryl/α,β-unsaturated/α-hetero) is 3. The summed E-state index contributed by atoms with van der Waals surface area (Å²) in [4.78, 5) is 165. The van der Waals surface area contributed by atoms with Crippen molar-refractivity contribution in [2.45, 2.75) is 189 Å². The second-order valence-electron chi connectivity index (χ2n) is 27.5. The first kappa shape index (κ1) is 83.1. The van der Waals surface area contributed by atoms with E-state index in [1.165, 1.54) is 33.0 Å². The van der Waals surface area contributed by atoms with Crippen LogP contribution in [0.4, 0.5) is 10.5 Å². The molecule has 0 saturated carbocycles. The minimum Gasteiger partial charge on any atom is -0.445 e. The largest absolute Gasteiger partial charge is 0.445 e. The molecule has 0 aromatic heterocycles. The van der Waals surface area contributed by atoms with Crippen LogP contribution >= 0.6 is 19.1 Å². The zero-order valence-corrected chi connectivity index (χ0v) is 61.4. The number of ketones is 3. The van der Waals surface area contributed by atoms with E-state index in [4.69, 9.17) is 9.47 Å². The van der Waals surface area contributed by atoms with Gasteiger partial charge in [-0.1, -0.05) is 118 Å². The van der Waals surface area contributed by atoms with Crippen LogP contribution in [0.1, 0.15) is 158 Å². The summed E-state index contributed by atoms with van der Waals surface area (Å²) < 4.78 is 24.3. The van der Waals surface area contributed by atoms with Crippen LogP contribution in [-0.4, -0.2) is 201 Å². The second kappa shape index (κ2) is 39.4. The third-order valence-corrected chi connectivity index (χ3v) is 22.8. The Bertz CT molecular complexity index is 3040. The number of anilines is 1. The van der Waals surface area contributed by atoms with Gasteiger partial charge >= 0.3 is 6.09 Å². The van der Waals surface area contributed by atoms with Crippen molar-refractivity contribution in [3.8, 4) is 0 Å². The van der Waals surface area contributed by atoms with Gasteiger partial charge in [-0.2, -0.15) is 0 Å². The Morgan fingerprint density at radius 3 is 1.99 bits per heavy atom. The highest BCUT2D eigenvalue weighted by atomic mass is 32.2. The van der Waals surface area contributed by atoms with Crippen molar-refractivity contribution in [3.63, 3.8) is 0 Å². The molecule has 6 N–H and O–H groups in total. The van der Waals surface area contributed by atoms with Crippen molar-refractivity contribution in [2.75, 3.05) is 71.3 Å². The number of benzene rings is 2. The third-order valence-electron chi connectivity index (χ3n) is 19.4. The lowest BCUT2D eigenvalue weighted by Crippen LogP contribution is -2.54. The molecule has 0 spiro atoms. The smallest absolute Gasteiger partial charge is 0.410 e. The van der Waals surface area contributed by atoms with E-state index in [9.17, 15) is 72.4 Å². The van der Waals surface area contributed by atoms with E-state index in [2.05, 4.69) is 16.0 Å². The Kier molecular flexibility index (Phi) is 33.8. The minimum atomic E-state index is -3.63. The Balaban J connectivity index is 1.30. The molecular formula is C71H110N7O17PS. The molecule has 2 aromatic rings. The molecule has 24 nitrogen and oxygen atoms in total. The molecule has 0 bridgehead atoms. The van der Waals surface area contributed by atoms with E-state index in [0.717, 1.165) is 16.7 Å². The molecule has 26 heteroatoms. The fraction of sp³-hybridized carbons (Fsp3) is 0.676. The number of aliphatic hydroxyl groups excluding tert-OH is 2. The number of amides is 8. The Hall–Kier alpha value is -6.37. The Morgan fingerprint density at radius 1 is 0.773 bits per heavy atom. The van der Waals surface area contributed by atoms with Gasteiger partial charge in [0.15, 0.2) is 5.78 Å². The lowest BCUT2D eigenvalue weighted by Gasteiger charge is -2.41. The highest BCUT2D eigenvalue weighted by molar-refractivity contribution is 8.01. The summed E-state index contributed by atoms with van der Waals surface area (Å²) in [6.07, 6.45) is -1.65.